The number of hydrogen-bond donors (Lipinski definition) is 1. The van der Waals surface area contributed by atoms with Crippen molar-refractivity contribution in [2.45, 2.75) is 13.3 Å². The van der Waals surface area contributed by atoms with Crippen LogP contribution in [0.3, 0.4) is 0 Å². The number of nitrogens with one attached hydrogen (secondary N) is 1. The van der Waals surface area contributed by atoms with Crippen molar-refractivity contribution in [1.29, 1.82) is 5.26 Å². The monoisotopic (exact) mass is 244 g/mol. The Morgan fingerprint density at radius 2 is 2.39 bits per heavy atom. The van der Waals surface area contributed by atoms with E-state index in [4.69, 9.17) is 5.26 Å². The van der Waals surface area contributed by atoms with Crippen LogP contribution in [0.2, 0.25) is 0 Å². The van der Waals surface area contributed by atoms with Gasteiger partial charge in [-0.25, -0.2) is 4.98 Å². The van der Waals surface area contributed by atoms with Gasteiger partial charge in [0.05, 0.1) is 11.0 Å². The highest BCUT2D eigenvalue weighted by molar-refractivity contribution is 5.83. The molecule has 1 aromatic rings. The molecular weight excluding hydrogens is 228 g/mol. The van der Waals surface area contributed by atoms with E-state index in [0.717, 1.165) is 18.8 Å². The van der Waals surface area contributed by atoms with Gasteiger partial charge in [0.2, 0.25) is 5.91 Å². The second kappa shape index (κ2) is 4.65. The van der Waals surface area contributed by atoms with Gasteiger partial charge in [0.25, 0.3) is 0 Å². The predicted molar refractivity (Wildman–Crippen MR) is 68.0 cm³/mol. The molecule has 1 fully saturated rings. The molecule has 0 aromatic carbocycles. The minimum atomic E-state index is -0.357. The van der Waals surface area contributed by atoms with E-state index in [1.165, 1.54) is 0 Å². The summed E-state index contributed by atoms with van der Waals surface area (Å²) < 4.78 is 0. The predicted octanol–water partition coefficient (Wildman–Crippen LogP) is 0.916. The van der Waals surface area contributed by atoms with E-state index in [1.807, 2.05) is 19.1 Å². The van der Waals surface area contributed by atoms with Crippen molar-refractivity contribution in [3.63, 3.8) is 0 Å². The zero-order valence-electron chi connectivity index (χ0n) is 10.6. The number of hydrogen-bond acceptors (Lipinski definition) is 4. The third kappa shape index (κ3) is 2.14. The van der Waals surface area contributed by atoms with Crippen LogP contribution >= 0.6 is 0 Å². The highest BCUT2D eigenvalue weighted by Crippen LogP contribution is 2.32. The van der Waals surface area contributed by atoms with E-state index in [9.17, 15) is 4.79 Å². The van der Waals surface area contributed by atoms with Gasteiger partial charge in [0.15, 0.2) is 0 Å². The van der Waals surface area contributed by atoms with Crippen LogP contribution < -0.4 is 10.2 Å². The summed E-state index contributed by atoms with van der Waals surface area (Å²) in [4.78, 5) is 18.1. The molecule has 0 saturated carbocycles. The quantitative estimate of drug-likeness (QED) is 0.839. The normalized spacial score (nSPS) is 22.6. The first-order valence-corrected chi connectivity index (χ1v) is 5.92. The molecule has 1 amide bonds. The third-order valence-corrected chi connectivity index (χ3v) is 3.45. The lowest BCUT2D eigenvalue weighted by Crippen LogP contribution is -2.39. The van der Waals surface area contributed by atoms with Crippen LogP contribution in [-0.2, 0) is 4.79 Å². The molecule has 94 valence electrons. The fourth-order valence-electron chi connectivity index (χ4n) is 2.28. The molecule has 5 nitrogen and oxygen atoms in total. The van der Waals surface area contributed by atoms with Gasteiger partial charge >= 0.3 is 0 Å². The molecule has 0 spiro atoms. The maximum atomic E-state index is 11.8. The summed E-state index contributed by atoms with van der Waals surface area (Å²) in [6, 6.07) is 5.62. The molecular formula is C13H16N4O. The van der Waals surface area contributed by atoms with Gasteiger partial charge < -0.3 is 10.2 Å². The van der Waals surface area contributed by atoms with Gasteiger partial charge in [-0.2, -0.15) is 5.26 Å². The number of nitrogens with zero attached hydrogens (tertiary/aromatic N) is 3. The molecule has 1 atom stereocenters. The first-order valence-electron chi connectivity index (χ1n) is 5.92. The number of carbonyl (C=O) groups is 1. The first-order chi connectivity index (χ1) is 8.59. The highest BCUT2D eigenvalue weighted by Gasteiger charge is 2.40. The number of carbonyl (C=O) groups excluding carboxylic acids is 1. The summed E-state index contributed by atoms with van der Waals surface area (Å²) in [5.74, 6) is 0.889. The Bertz CT molecular complexity index is 491. The number of rotatable bonds is 2. The summed E-state index contributed by atoms with van der Waals surface area (Å²) in [7, 11) is 1.66. The van der Waals surface area contributed by atoms with Crippen molar-refractivity contribution < 1.29 is 4.79 Å². The van der Waals surface area contributed by atoms with Crippen LogP contribution in [0.4, 0.5) is 5.82 Å². The molecule has 1 N–H and O–H groups in total. The largest absolute Gasteiger partial charge is 0.359 e. The molecule has 18 heavy (non-hydrogen) atoms. The molecule has 1 aromatic heterocycles. The van der Waals surface area contributed by atoms with E-state index in [-0.39, 0.29) is 11.3 Å². The highest BCUT2D eigenvalue weighted by atomic mass is 16.2. The topological polar surface area (TPSA) is 69.0 Å². The number of anilines is 1. The summed E-state index contributed by atoms with van der Waals surface area (Å²) in [5, 5.41) is 11.4. The van der Waals surface area contributed by atoms with E-state index in [0.29, 0.717) is 12.1 Å². The molecule has 0 aliphatic carbocycles. The summed E-state index contributed by atoms with van der Waals surface area (Å²) >= 11 is 0. The average Bonchev–Trinajstić information content (AvgIpc) is 2.82. The Morgan fingerprint density at radius 1 is 1.61 bits per heavy atom. The van der Waals surface area contributed by atoms with Gasteiger partial charge in [-0.15, -0.1) is 0 Å². The summed E-state index contributed by atoms with van der Waals surface area (Å²) in [6.07, 6.45) is 2.37. The zero-order valence-corrected chi connectivity index (χ0v) is 10.6. The summed E-state index contributed by atoms with van der Waals surface area (Å²) in [5.41, 5.74) is 0.191. The fourth-order valence-corrected chi connectivity index (χ4v) is 2.28. The smallest absolute Gasteiger partial charge is 0.227 e. The maximum Gasteiger partial charge on any atom is 0.227 e. The molecule has 1 saturated heterocycles. The molecule has 1 aliphatic heterocycles. The van der Waals surface area contributed by atoms with Crippen molar-refractivity contribution in [2.24, 2.45) is 5.41 Å². The molecule has 2 heterocycles. The van der Waals surface area contributed by atoms with E-state index in [2.05, 4.69) is 15.2 Å². The number of nitriles is 1. The van der Waals surface area contributed by atoms with Crippen molar-refractivity contribution in [3.8, 4) is 6.07 Å². The second-order valence-electron chi connectivity index (χ2n) is 4.83. The first kappa shape index (κ1) is 12.4. The van der Waals surface area contributed by atoms with Crippen LogP contribution in [0.25, 0.3) is 0 Å². The Labute approximate surface area is 106 Å². The van der Waals surface area contributed by atoms with Gasteiger partial charge in [-0.1, -0.05) is 0 Å². The van der Waals surface area contributed by atoms with Crippen molar-refractivity contribution in [1.82, 2.24) is 10.3 Å². The van der Waals surface area contributed by atoms with Crippen LogP contribution in [0.5, 0.6) is 0 Å². The minimum absolute atomic E-state index is 0.0682. The lowest BCUT2D eigenvalue weighted by molar-refractivity contribution is -0.128. The van der Waals surface area contributed by atoms with E-state index >= 15 is 0 Å². The molecule has 2 rings (SSSR count). The lowest BCUT2D eigenvalue weighted by Gasteiger charge is -2.23. The molecule has 0 bridgehead atoms. The molecule has 5 heteroatoms. The summed E-state index contributed by atoms with van der Waals surface area (Å²) in [6.45, 7) is 3.43. The SMILES string of the molecule is CNC(=O)C1(C)CCN(c2ccc(C#N)cn2)C1. The number of pyridine rings is 1. The number of aromatic nitrogens is 1. The lowest BCUT2D eigenvalue weighted by atomic mass is 9.89. The van der Waals surface area contributed by atoms with Gasteiger partial charge in [0, 0.05) is 26.3 Å². The standard InChI is InChI=1S/C13H16N4O/c1-13(12(18)15-2)5-6-17(9-13)11-4-3-10(7-14)8-16-11/h3-4,8H,5-6,9H2,1-2H3,(H,15,18). The average molecular weight is 244 g/mol. The van der Waals surface area contributed by atoms with Crippen LogP contribution in [0.15, 0.2) is 18.3 Å². The van der Waals surface area contributed by atoms with E-state index < -0.39 is 0 Å². The van der Waals surface area contributed by atoms with Gasteiger partial charge in [0.1, 0.15) is 11.9 Å². The molecule has 1 unspecified atom stereocenters. The minimum Gasteiger partial charge on any atom is -0.359 e. The van der Waals surface area contributed by atoms with Crippen LogP contribution in [0, 0.1) is 16.7 Å². The van der Waals surface area contributed by atoms with Gasteiger partial charge in [-0.05, 0) is 25.5 Å². The Balaban J connectivity index is 2.13. The Hall–Kier alpha value is -2.09. The molecule has 0 radical (unpaired) electrons. The second-order valence-corrected chi connectivity index (χ2v) is 4.83. The Kier molecular flexibility index (Phi) is 3.19. The number of amides is 1. The third-order valence-electron chi connectivity index (χ3n) is 3.45. The van der Waals surface area contributed by atoms with E-state index in [1.54, 1.807) is 19.3 Å². The van der Waals surface area contributed by atoms with Crippen molar-refractivity contribution in [2.75, 3.05) is 25.0 Å². The van der Waals surface area contributed by atoms with Crippen molar-refractivity contribution in [3.05, 3.63) is 23.9 Å². The van der Waals surface area contributed by atoms with Crippen LogP contribution in [0.1, 0.15) is 18.9 Å². The zero-order chi connectivity index (χ0) is 13.2. The van der Waals surface area contributed by atoms with Gasteiger partial charge in [-0.3, -0.25) is 4.79 Å². The Morgan fingerprint density at radius 3 is 2.94 bits per heavy atom. The van der Waals surface area contributed by atoms with Crippen molar-refractivity contribution >= 4 is 11.7 Å². The van der Waals surface area contributed by atoms with Crippen LogP contribution in [-0.4, -0.2) is 31.0 Å². The maximum absolute atomic E-state index is 11.8. The fraction of sp³-hybridized carbons (Fsp3) is 0.462. The molecule has 1 aliphatic rings.